The molecule has 0 amide bonds. The Balaban J connectivity index is 2.15. The van der Waals surface area contributed by atoms with Crippen molar-refractivity contribution < 1.29 is 4.74 Å². The smallest absolute Gasteiger partial charge is 0.126 e. The molecule has 0 radical (unpaired) electrons. The Kier molecular flexibility index (Phi) is 6.03. The van der Waals surface area contributed by atoms with Crippen LogP contribution in [0.1, 0.15) is 18.5 Å². The largest absolute Gasteiger partial charge is 0.496 e. The molecule has 0 bridgehead atoms. The summed E-state index contributed by atoms with van der Waals surface area (Å²) in [4.78, 5) is 1.87. The maximum absolute atomic E-state index is 5.42. The number of nitrogens with one attached hydrogen (secondary N) is 1. The number of methoxy groups -OCH3 is 1. The lowest BCUT2D eigenvalue weighted by Gasteiger charge is -2.14. The summed E-state index contributed by atoms with van der Waals surface area (Å²) in [5.41, 5.74) is 3.56. The van der Waals surface area contributed by atoms with Gasteiger partial charge in [0.25, 0.3) is 0 Å². The summed E-state index contributed by atoms with van der Waals surface area (Å²) >= 11 is 3.27. The van der Waals surface area contributed by atoms with Crippen LogP contribution in [-0.2, 0) is 0 Å². The molecule has 0 spiro atoms. The monoisotopic (exact) mass is 345 g/mol. The predicted molar refractivity (Wildman–Crippen MR) is 92.9 cm³/mol. The van der Waals surface area contributed by atoms with Crippen LogP contribution in [0.5, 0.6) is 5.75 Å². The van der Waals surface area contributed by atoms with Crippen molar-refractivity contribution in [2.75, 3.05) is 13.7 Å². The molecule has 2 aromatic rings. The maximum atomic E-state index is 5.42. The number of benzene rings is 2. The van der Waals surface area contributed by atoms with Gasteiger partial charge in [-0.05, 0) is 29.1 Å². The highest BCUT2D eigenvalue weighted by Gasteiger charge is 2.07. The van der Waals surface area contributed by atoms with Gasteiger partial charge >= 0.3 is 0 Å². The molecule has 2 nitrogen and oxygen atoms in total. The lowest BCUT2D eigenvalue weighted by Crippen LogP contribution is -2.18. The average molecular weight is 346 g/mol. The Morgan fingerprint density at radius 2 is 1.86 bits per heavy atom. The van der Waals surface area contributed by atoms with Crippen LogP contribution < -0.4 is 10.1 Å². The molecule has 0 heterocycles. The Hall–Kier alpha value is -1.58. The molecule has 21 heavy (non-hydrogen) atoms. The number of halogens is 1. The molecule has 2 aromatic carbocycles. The van der Waals surface area contributed by atoms with Gasteiger partial charge in [0, 0.05) is 18.2 Å². The first-order valence-corrected chi connectivity index (χ1v) is 7.89. The van der Waals surface area contributed by atoms with Gasteiger partial charge < -0.3 is 10.1 Å². The Labute approximate surface area is 135 Å². The van der Waals surface area contributed by atoms with E-state index < -0.39 is 0 Å². The first-order valence-electron chi connectivity index (χ1n) is 6.98. The van der Waals surface area contributed by atoms with E-state index in [4.69, 9.17) is 4.74 Å². The molecule has 0 aliphatic carbocycles. The van der Waals surface area contributed by atoms with Gasteiger partial charge in [-0.15, -0.1) is 0 Å². The van der Waals surface area contributed by atoms with Gasteiger partial charge in [0.05, 0.1) is 7.11 Å². The minimum absolute atomic E-state index is 0.320. The molecule has 0 saturated carbocycles. The zero-order valence-corrected chi connectivity index (χ0v) is 13.9. The standard InChI is InChI=1S/C18H20BrNO/c1-14(20-13-5-12-19)15-8-10-16(11-9-15)17-6-3-4-7-18(17)21-2/h3-12,14,20H,13H2,1-2H3/b12-5+. The van der Waals surface area contributed by atoms with E-state index in [1.807, 2.05) is 29.3 Å². The van der Waals surface area contributed by atoms with Crippen molar-refractivity contribution in [2.24, 2.45) is 0 Å². The summed E-state index contributed by atoms with van der Waals surface area (Å²) in [6.07, 6.45) is 2.04. The van der Waals surface area contributed by atoms with Crippen molar-refractivity contribution in [1.29, 1.82) is 0 Å². The van der Waals surface area contributed by atoms with Crippen molar-refractivity contribution in [1.82, 2.24) is 5.32 Å². The van der Waals surface area contributed by atoms with Crippen molar-refractivity contribution in [3.05, 3.63) is 65.2 Å². The van der Waals surface area contributed by atoms with Crippen LogP contribution in [0, 0.1) is 0 Å². The van der Waals surface area contributed by atoms with Crippen LogP contribution in [0.15, 0.2) is 59.6 Å². The fraction of sp³-hybridized carbons (Fsp3) is 0.222. The van der Waals surface area contributed by atoms with Crippen LogP contribution in [0.2, 0.25) is 0 Å². The molecule has 0 aliphatic heterocycles. The van der Waals surface area contributed by atoms with E-state index in [1.54, 1.807) is 7.11 Å². The van der Waals surface area contributed by atoms with Crippen molar-refractivity contribution in [3.8, 4) is 16.9 Å². The number of ether oxygens (including phenoxy) is 1. The fourth-order valence-electron chi connectivity index (χ4n) is 2.24. The summed E-state index contributed by atoms with van der Waals surface area (Å²) in [6.45, 7) is 3.01. The van der Waals surface area contributed by atoms with Gasteiger partial charge in [0.2, 0.25) is 0 Å². The molecule has 0 saturated heterocycles. The van der Waals surface area contributed by atoms with Gasteiger partial charge in [-0.25, -0.2) is 0 Å². The summed E-state index contributed by atoms with van der Waals surface area (Å²) in [6, 6.07) is 17.0. The van der Waals surface area contributed by atoms with Gasteiger partial charge in [0.15, 0.2) is 0 Å². The van der Waals surface area contributed by atoms with E-state index in [0.717, 1.165) is 17.9 Å². The third-order valence-corrected chi connectivity index (χ3v) is 3.83. The molecule has 1 unspecified atom stereocenters. The highest BCUT2D eigenvalue weighted by molar-refractivity contribution is 9.11. The van der Waals surface area contributed by atoms with Crippen molar-refractivity contribution in [2.45, 2.75) is 13.0 Å². The zero-order valence-electron chi connectivity index (χ0n) is 12.3. The van der Waals surface area contributed by atoms with E-state index in [-0.39, 0.29) is 0 Å². The van der Waals surface area contributed by atoms with Crippen LogP contribution >= 0.6 is 15.9 Å². The predicted octanol–water partition coefficient (Wildman–Crippen LogP) is 4.92. The van der Waals surface area contributed by atoms with E-state index >= 15 is 0 Å². The SMILES string of the molecule is COc1ccccc1-c1ccc(C(C)NC/C=C/Br)cc1. The minimum Gasteiger partial charge on any atom is -0.496 e. The topological polar surface area (TPSA) is 21.3 Å². The molecule has 1 N–H and O–H groups in total. The van der Waals surface area contributed by atoms with Crippen LogP contribution in [0.4, 0.5) is 0 Å². The summed E-state index contributed by atoms with van der Waals surface area (Å²) in [5, 5.41) is 3.44. The van der Waals surface area contributed by atoms with Gasteiger partial charge in [-0.1, -0.05) is 64.5 Å². The average Bonchev–Trinajstić information content (AvgIpc) is 2.55. The fourth-order valence-corrected chi connectivity index (χ4v) is 2.43. The normalized spacial score (nSPS) is 12.5. The summed E-state index contributed by atoms with van der Waals surface area (Å²) in [7, 11) is 1.70. The van der Waals surface area contributed by atoms with Crippen LogP contribution in [0.3, 0.4) is 0 Å². The lowest BCUT2D eigenvalue weighted by molar-refractivity contribution is 0.416. The molecule has 1 atom stereocenters. The van der Waals surface area contributed by atoms with Gasteiger partial charge in [0.1, 0.15) is 5.75 Å². The van der Waals surface area contributed by atoms with E-state index in [2.05, 4.69) is 58.5 Å². The Morgan fingerprint density at radius 1 is 1.14 bits per heavy atom. The minimum atomic E-state index is 0.320. The first-order chi connectivity index (χ1) is 10.3. The van der Waals surface area contributed by atoms with E-state index in [1.165, 1.54) is 11.1 Å². The molecule has 0 aliphatic rings. The van der Waals surface area contributed by atoms with Crippen LogP contribution in [0.25, 0.3) is 11.1 Å². The van der Waals surface area contributed by atoms with Crippen molar-refractivity contribution >= 4 is 15.9 Å². The third kappa shape index (κ3) is 4.19. The number of rotatable bonds is 6. The van der Waals surface area contributed by atoms with Gasteiger partial charge in [-0.3, -0.25) is 0 Å². The Morgan fingerprint density at radius 3 is 2.52 bits per heavy atom. The third-order valence-electron chi connectivity index (χ3n) is 3.46. The number of hydrogen-bond donors (Lipinski definition) is 1. The quantitative estimate of drug-likeness (QED) is 0.801. The molecule has 0 aromatic heterocycles. The van der Waals surface area contributed by atoms with E-state index in [0.29, 0.717) is 6.04 Å². The first kappa shape index (κ1) is 15.8. The molecule has 0 fully saturated rings. The maximum Gasteiger partial charge on any atom is 0.126 e. The second kappa shape index (κ2) is 8.01. The Bertz CT molecular complexity index is 592. The van der Waals surface area contributed by atoms with Crippen molar-refractivity contribution in [3.63, 3.8) is 0 Å². The van der Waals surface area contributed by atoms with Crippen LogP contribution in [-0.4, -0.2) is 13.7 Å². The molecular weight excluding hydrogens is 326 g/mol. The lowest BCUT2D eigenvalue weighted by atomic mass is 10.0. The second-order valence-electron chi connectivity index (χ2n) is 4.81. The molecule has 2 rings (SSSR count). The molecule has 3 heteroatoms. The number of hydrogen-bond acceptors (Lipinski definition) is 2. The summed E-state index contributed by atoms with van der Waals surface area (Å²) in [5.74, 6) is 0.902. The zero-order chi connectivity index (χ0) is 15.1. The van der Waals surface area contributed by atoms with Gasteiger partial charge in [-0.2, -0.15) is 0 Å². The van der Waals surface area contributed by atoms with E-state index in [9.17, 15) is 0 Å². The highest BCUT2D eigenvalue weighted by atomic mass is 79.9. The molecular formula is C18H20BrNO. The summed E-state index contributed by atoms with van der Waals surface area (Å²) < 4.78 is 5.42. The second-order valence-corrected chi connectivity index (χ2v) is 5.34. The number of para-hydroxylation sites is 1. The highest BCUT2D eigenvalue weighted by Crippen LogP contribution is 2.30. The molecule has 110 valence electrons.